The van der Waals surface area contributed by atoms with Crippen LogP contribution in [0.3, 0.4) is 0 Å². The van der Waals surface area contributed by atoms with E-state index in [1.54, 1.807) is 12.1 Å². The molecular weight excluding hydrogens is 212 g/mol. The number of hydrogen-bond donors (Lipinski definition) is 2. The molecule has 0 bridgehead atoms. The van der Waals surface area contributed by atoms with Crippen molar-refractivity contribution in [2.75, 3.05) is 0 Å². The Hall–Kier alpha value is -1.96. The van der Waals surface area contributed by atoms with Gasteiger partial charge < -0.3 is 10.2 Å². The van der Waals surface area contributed by atoms with Gasteiger partial charge in [0.05, 0.1) is 0 Å². The predicted octanol–water partition coefficient (Wildman–Crippen LogP) is 3.69. The normalized spacial score (nSPS) is 10.5. The van der Waals surface area contributed by atoms with Gasteiger partial charge in [-0.3, -0.25) is 0 Å². The molecule has 0 aromatic heterocycles. The molecule has 0 aliphatic heterocycles. The highest BCUT2D eigenvalue weighted by Crippen LogP contribution is 2.37. The Balaban J connectivity index is 2.68. The molecule has 0 heterocycles. The van der Waals surface area contributed by atoms with Crippen molar-refractivity contribution in [1.29, 1.82) is 0 Å². The summed E-state index contributed by atoms with van der Waals surface area (Å²) in [6, 6.07) is 9.00. The van der Waals surface area contributed by atoms with Gasteiger partial charge in [0.15, 0.2) is 0 Å². The number of rotatable bonds is 1. The van der Waals surface area contributed by atoms with E-state index in [0.29, 0.717) is 11.1 Å². The fourth-order valence-electron chi connectivity index (χ4n) is 1.88. The zero-order chi connectivity index (χ0) is 12.6. The van der Waals surface area contributed by atoms with Crippen molar-refractivity contribution in [2.24, 2.45) is 0 Å². The highest BCUT2D eigenvalue weighted by atomic mass is 16.3. The van der Waals surface area contributed by atoms with E-state index >= 15 is 0 Å². The monoisotopic (exact) mass is 228 g/mol. The highest BCUT2D eigenvalue weighted by molar-refractivity contribution is 5.76. The predicted molar refractivity (Wildman–Crippen MR) is 69.4 cm³/mol. The average Bonchev–Trinajstić information content (AvgIpc) is 2.27. The van der Waals surface area contributed by atoms with Crippen LogP contribution in [0.1, 0.15) is 16.7 Å². The summed E-state index contributed by atoms with van der Waals surface area (Å²) < 4.78 is 0. The quantitative estimate of drug-likeness (QED) is 0.781. The number of aryl methyl sites for hydroxylation is 3. The van der Waals surface area contributed by atoms with Gasteiger partial charge in [-0.25, -0.2) is 0 Å². The van der Waals surface area contributed by atoms with E-state index in [1.165, 1.54) is 0 Å². The second kappa shape index (κ2) is 4.13. The molecule has 0 atom stereocenters. The molecule has 0 spiro atoms. The van der Waals surface area contributed by atoms with Crippen LogP contribution in [0.2, 0.25) is 0 Å². The molecule has 2 rings (SSSR count). The van der Waals surface area contributed by atoms with Crippen molar-refractivity contribution >= 4 is 0 Å². The van der Waals surface area contributed by atoms with Gasteiger partial charge in [-0.2, -0.15) is 0 Å². The van der Waals surface area contributed by atoms with E-state index < -0.39 is 0 Å². The summed E-state index contributed by atoms with van der Waals surface area (Å²) in [5.74, 6) is 0.392. The molecule has 88 valence electrons. The molecule has 2 nitrogen and oxygen atoms in total. The third-order valence-electron chi connectivity index (χ3n) is 3.05. The van der Waals surface area contributed by atoms with Crippen molar-refractivity contribution in [3.63, 3.8) is 0 Å². The van der Waals surface area contributed by atoms with Gasteiger partial charge >= 0.3 is 0 Å². The standard InChI is InChI=1S/C15H16O2/c1-9-4-5-14(16)12(6-9)13-7-10(2)11(3)8-15(13)17/h4-8,16-17H,1-3H3. The minimum absolute atomic E-state index is 0.189. The zero-order valence-corrected chi connectivity index (χ0v) is 10.3. The third-order valence-corrected chi connectivity index (χ3v) is 3.05. The van der Waals surface area contributed by atoms with Gasteiger partial charge in [-0.05, 0) is 56.2 Å². The summed E-state index contributed by atoms with van der Waals surface area (Å²) in [5, 5.41) is 19.8. The lowest BCUT2D eigenvalue weighted by Crippen LogP contribution is -1.87. The van der Waals surface area contributed by atoms with Crippen LogP contribution >= 0.6 is 0 Å². The summed E-state index contributed by atoms with van der Waals surface area (Å²) in [7, 11) is 0. The molecule has 2 N–H and O–H groups in total. The lowest BCUT2D eigenvalue weighted by molar-refractivity contribution is 0.468. The Labute approximate surface area is 101 Å². The van der Waals surface area contributed by atoms with Crippen molar-refractivity contribution in [2.45, 2.75) is 20.8 Å². The first-order valence-electron chi connectivity index (χ1n) is 5.59. The molecule has 17 heavy (non-hydrogen) atoms. The maximum atomic E-state index is 9.97. The number of phenols is 2. The molecule has 0 amide bonds. The van der Waals surface area contributed by atoms with E-state index in [0.717, 1.165) is 16.7 Å². The first-order chi connectivity index (χ1) is 7.99. The molecule has 0 aliphatic rings. The Morgan fingerprint density at radius 3 is 2.00 bits per heavy atom. The lowest BCUT2D eigenvalue weighted by atomic mass is 9.97. The maximum absolute atomic E-state index is 9.97. The maximum Gasteiger partial charge on any atom is 0.123 e. The van der Waals surface area contributed by atoms with Crippen LogP contribution in [0.5, 0.6) is 11.5 Å². The van der Waals surface area contributed by atoms with Gasteiger partial charge in [0, 0.05) is 11.1 Å². The van der Waals surface area contributed by atoms with Crippen LogP contribution in [-0.2, 0) is 0 Å². The van der Waals surface area contributed by atoms with Crippen LogP contribution in [0.15, 0.2) is 30.3 Å². The summed E-state index contributed by atoms with van der Waals surface area (Å²) in [4.78, 5) is 0. The van der Waals surface area contributed by atoms with Crippen LogP contribution in [0.25, 0.3) is 11.1 Å². The molecular formula is C15H16O2. The van der Waals surface area contributed by atoms with Crippen molar-refractivity contribution < 1.29 is 10.2 Å². The molecule has 2 aromatic rings. The average molecular weight is 228 g/mol. The highest BCUT2D eigenvalue weighted by Gasteiger charge is 2.10. The Morgan fingerprint density at radius 2 is 1.29 bits per heavy atom. The molecule has 0 fully saturated rings. The Morgan fingerprint density at radius 1 is 0.706 bits per heavy atom. The molecule has 0 saturated carbocycles. The third kappa shape index (κ3) is 2.11. The van der Waals surface area contributed by atoms with Gasteiger partial charge in [-0.1, -0.05) is 11.6 Å². The molecule has 0 unspecified atom stereocenters. The second-order valence-electron chi connectivity index (χ2n) is 4.47. The SMILES string of the molecule is Cc1ccc(O)c(-c2cc(C)c(C)cc2O)c1. The summed E-state index contributed by atoms with van der Waals surface area (Å²) >= 11 is 0. The van der Waals surface area contributed by atoms with E-state index in [4.69, 9.17) is 0 Å². The molecule has 0 aliphatic carbocycles. The van der Waals surface area contributed by atoms with Crippen LogP contribution < -0.4 is 0 Å². The lowest BCUT2D eigenvalue weighted by Gasteiger charge is -2.11. The summed E-state index contributed by atoms with van der Waals surface area (Å²) in [5.41, 5.74) is 4.53. The van der Waals surface area contributed by atoms with E-state index in [2.05, 4.69) is 0 Å². The first kappa shape index (κ1) is 11.5. The van der Waals surface area contributed by atoms with Crippen molar-refractivity contribution in [3.05, 3.63) is 47.0 Å². The van der Waals surface area contributed by atoms with Crippen molar-refractivity contribution in [3.8, 4) is 22.6 Å². The van der Waals surface area contributed by atoms with Gasteiger partial charge in [0.2, 0.25) is 0 Å². The number of benzene rings is 2. The fraction of sp³-hybridized carbons (Fsp3) is 0.200. The van der Waals surface area contributed by atoms with Gasteiger partial charge in [-0.15, -0.1) is 0 Å². The number of hydrogen-bond acceptors (Lipinski definition) is 2. The van der Waals surface area contributed by atoms with Crippen LogP contribution in [0.4, 0.5) is 0 Å². The minimum Gasteiger partial charge on any atom is -0.507 e. The zero-order valence-electron chi connectivity index (χ0n) is 10.3. The largest absolute Gasteiger partial charge is 0.507 e. The van der Waals surface area contributed by atoms with Crippen molar-refractivity contribution in [1.82, 2.24) is 0 Å². The Bertz CT molecular complexity index is 571. The van der Waals surface area contributed by atoms with E-state index in [-0.39, 0.29) is 11.5 Å². The number of aromatic hydroxyl groups is 2. The summed E-state index contributed by atoms with van der Waals surface area (Å²) in [6.07, 6.45) is 0. The molecule has 0 saturated heterocycles. The van der Waals surface area contributed by atoms with Crippen LogP contribution in [-0.4, -0.2) is 10.2 Å². The first-order valence-corrected chi connectivity index (χ1v) is 5.59. The second-order valence-corrected chi connectivity index (χ2v) is 4.47. The number of phenolic OH excluding ortho intramolecular Hbond substituents is 2. The molecule has 2 aromatic carbocycles. The minimum atomic E-state index is 0.189. The van der Waals surface area contributed by atoms with E-state index in [1.807, 2.05) is 39.0 Å². The smallest absolute Gasteiger partial charge is 0.123 e. The van der Waals surface area contributed by atoms with Gasteiger partial charge in [0.1, 0.15) is 11.5 Å². The molecule has 0 radical (unpaired) electrons. The van der Waals surface area contributed by atoms with E-state index in [9.17, 15) is 10.2 Å². The van der Waals surface area contributed by atoms with Gasteiger partial charge in [0.25, 0.3) is 0 Å². The Kier molecular flexibility index (Phi) is 2.80. The fourth-order valence-corrected chi connectivity index (χ4v) is 1.88. The van der Waals surface area contributed by atoms with Crippen LogP contribution in [0, 0.1) is 20.8 Å². The molecule has 2 heteroatoms. The topological polar surface area (TPSA) is 40.5 Å². The summed E-state index contributed by atoms with van der Waals surface area (Å²) in [6.45, 7) is 5.90.